The van der Waals surface area contributed by atoms with Gasteiger partial charge in [0.1, 0.15) is 17.3 Å². The van der Waals surface area contributed by atoms with E-state index < -0.39 is 0 Å². The van der Waals surface area contributed by atoms with Crippen LogP contribution in [0.3, 0.4) is 0 Å². The van der Waals surface area contributed by atoms with Crippen LogP contribution in [-0.2, 0) is 6.54 Å². The van der Waals surface area contributed by atoms with Crippen molar-refractivity contribution in [3.05, 3.63) is 58.1 Å². The van der Waals surface area contributed by atoms with Crippen LogP contribution < -0.4 is 20.8 Å². The Bertz CT molecular complexity index is 1100. The van der Waals surface area contributed by atoms with Crippen molar-refractivity contribution in [2.24, 2.45) is 0 Å². The number of hydrogen-bond acceptors (Lipinski definition) is 5. The molecule has 132 valence electrons. The highest BCUT2D eigenvalue weighted by molar-refractivity contribution is 5.86. The van der Waals surface area contributed by atoms with Gasteiger partial charge in [-0.2, -0.15) is 0 Å². The molecule has 0 amide bonds. The highest BCUT2D eigenvalue weighted by Crippen LogP contribution is 2.32. The predicted octanol–water partition coefficient (Wildman–Crippen LogP) is 2.94. The molecule has 1 aliphatic rings. The molecule has 0 bridgehead atoms. The van der Waals surface area contributed by atoms with E-state index in [1.54, 1.807) is 37.0 Å². The standard InChI is InChI=1S/C20H19N3O3/c1-25-15-5-3-12(18(11-15)26-2)9-13-7-8-23-19(13)22-17-6-4-14(21)10-16(17)20(23)24/h3-6,9-11H,7-8,21H2,1-2H3. The number of nitrogens with zero attached hydrogens (tertiary/aromatic N) is 2. The van der Waals surface area contributed by atoms with E-state index in [0.29, 0.717) is 34.7 Å². The maximum atomic E-state index is 12.8. The Balaban J connectivity index is 1.86. The summed E-state index contributed by atoms with van der Waals surface area (Å²) in [4.78, 5) is 17.5. The molecule has 0 radical (unpaired) electrons. The maximum Gasteiger partial charge on any atom is 0.261 e. The van der Waals surface area contributed by atoms with Gasteiger partial charge >= 0.3 is 0 Å². The molecule has 1 aliphatic heterocycles. The Labute approximate surface area is 150 Å². The summed E-state index contributed by atoms with van der Waals surface area (Å²) in [5.41, 5.74) is 8.90. The minimum Gasteiger partial charge on any atom is -0.497 e. The normalized spacial score (nSPS) is 14.6. The topological polar surface area (TPSA) is 79.4 Å². The lowest BCUT2D eigenvalue weighted by Gasteiger charge is -2.09. The fraction of sp³-hybridized carbons (Fsp3) is 0.200. The monoisotopic (exact) mass is 349 g/mol. The first-order valence-electron chi connectivity index (χ1n) is 8.34. The molecule has 2 heterocycles. The first kappa shape index (κ1) is 16.2. The van der Waals surface area contributed by atoms with Crippen molar-refractivity contribution in [3.63, 3.8) is 0 Å². The van der Waals surface area contributed by atoms with Crippen molar-refractivity contribution in [1.82, 2.24) is 9.55 Å². The average Bonchev–Trinajstić information content (AvgIpc) is 3.06. The zero-order valence-electron chi connectivity index (χ0n) is 14.7. The Morgan fingerprint density at radius 2 is 2.00 bits per heavy atom. The van der Waals surface area contributed by atoms with Gasteiger partial charge in [-0.05, 0) is 48.4 Å². The van der Waals surface area contributed by atoms with E-state index in [1.165, 1.54) is 0 Å². The highest BCUT2D eigenvalue weighted by Gasteiger charge is 2.21. The third-order valence-electron chi connectivity index (χ3n) is 4.64. The Kier molecular flexibility index (Phi) is 3.88. The Morgan fingerprint density at radius 3 is 2.77 bits per heavy atom. The van der Waals surface area contributed by atoms with Crippen LogP contribution in [0, 0.1) is 0 Å². The van der Waals surface area contributed by atoms with Gasteiger partial charge in [0.05, 0.1) is 25.1 Å². The number of anilines is 1. The molecule has 3 aromatic rings. The molecule has 0 saturated heterocycles. The lowest BCUT2D eigenvalue weighted by Crippen LogP contribution is -2.20. The summed E-state index contributed by atoms with van der Waals surface area (Å²) in [6.45, 7) is 0.607. The van der Waals surface area contributed by atoms with Gasteiger partial charge in [-0.3, -0.25) is 9.36 Å². The summed E-state index contributed by atoms with van der Waals surface area (Å²) in [6, 6.07) is 10.9. The predicted molar refractivity (Wildman–Crippen MR) is 102 cm³/mol. The minimum atomic E-state index is -0.0533. The van der Waals surface area contributed by atoms with Gasteiger partial charge in [0, 0.05) is 23.9 Å². The van der Waals surface area contributed by atoms with Crippen LogP contribution >= 0.6 is 0 Å². The van der Waals surface area contributed by atoms with Gasteiger partial charge in [-0.15, -0.1) is 0 Å². The van der Waals surface area contributed by atoms with E-state index >= 15 is 0 Å². The molecular weight excluding hydrogens is 330 g/mol. The average molecular weight is 349 g/mol. The number of aromatic nitrogens is 2. The lowest BCUT2D eigenvalue weighted by atomic mass is 10.1. The molecule has 6 nitrogen and oxygen atoms in total. The van der Waals surface area contributed by atoms with Crippen molar-refractivity contribution in [2.45, 2.75) is 13.0 Å². The molecule has 2 aromatic carbocycles. The maximum absolute atomic E-state index is 12.8. The van der Waals surface area contributed by atoms with Crippen molar-refractivity contribution >= 4 is 28.2 Å². The number of rotatable bonds is 3. The number of hydrogen-bond donors (Lipinski definition) is 1. The second kappa shape index (κ2) is 6.22. The summed E-state index contributed by atoms with van der Waals surface area (Å²) >= 11 is 0. The van der Waals surface area contributed by atoms with Crippen molar-refractivity contribution in [2.75, 3.05) is 20.0 Å². The van der Waals surface area contributed by atoms with E-state index in [0.717, 1.165) is 23.3 Å². The molecule has 6 heteroatoms. The number of fused-ring (bicyclic) bond motifs is 2. The van der Waals surface area contributed by atoms with Crippen LogP contribution in [0.2, 0.25) is 0 Å². The van der Waals surface area contributed by atoms with Crippen LogP contribution in [0.4, 0.5) is 5.69 Å². The number of benzene rings is 2. The SMILES string of the molecule is COc1ccc(C=C2CCn3c2nc2ccc(N)cc2c3=O)c(OC)c1. The second-order valence-corrected chi connectivity index (χ2v) is 6.20. The van der Waals surface area contributed by atoms with Gasteiger partial charge in [-0.1, -0.05) is 0 Å². The first-order chi connectivity index (χ1) is 12.6. The van der Waals surface area contributed by atoms with Crippen molar-refractivity contribution in [3.8, 4) is 11.5 Å². The van der Waals surface area contributed by atoms with Gasteiger partial charge in [-0.25, -0.2) is 4.98 Å². The number of methoxy groups -OCH3 is 2. The highest BCUT2D eigenvalue weighted by atomic mass is 16.5. The van der Waals surface area contributed by atoms with E-state index in [2.05, 4.69) is 0 Å². The third-order valence-corrected chi connectivity index (χ3v) is 4.64. The smallest absolute Gasteiger partial charge is 0.261 e. The summed E-state index contributed by atoms with van der Waals surface area (Å²) in [5.74, 6) is 2.14. The van der Waals surface area contributed by atoms with E-state index in [4.69, 9.17) is 20.2 Å². The number of ether oxygens (including phenoxy) is 2. The molecule has 4 rings (SSSR count). The fourth-order valence-electron chi connectivity index (χ4n) is 3.30. The molecule has 1 aromatic heterocycles. The van der Waals surface area contributed by atoms with Gasteiger partial charge in [0.2, 0.25) is 0 Å². The Morgan fingerprint density at radius 1 is 1.15 bits per heavy atom. The summed E-state index contributed by atoms with van der Waals surface area (Å²) in [6.07, 6.45) is 2.76. The van der Waals surface area contributed by atoms with Crippen LogP contribution in [0.15, 0.2) is 41.2 Å². The van der Waals surface area contributed by atoms with Crippen LogP contribution in [0.1, 0.15) is 17.8 Å². The summed E-state index contributed by atoms with van der Waals surface area (Å²) < 4.78 is 12.4. The Hall–Kier alpha value is -3.28. The number of nitrogens with two attached hydrogens (primary N) is 1. The van der Waals surface area contributed by atoms with E-state index in [1.807, 2.05) is 24.3 Å². The van der Waals surface area contributed by atoms with Gasteiger partial charge < -0.3 is 15.2 Å². The molecule has 0 unspecified atom stereocenters. The molecular formula is C20H19N3O3. The molecule has 0 fully saturated rings. The van der Waals surface area contributed by atoms with Crippen molar-refractivity contribution < 1.29 is 9.47 Å². The zero-order chi connectivity index (χ0) is 18.3. The molecule has 0 aliphatic carbocycles. The van der Waals surface area contributed by atoms with Crippen LogP contribution in [-0.4, -0.2) is 23.8 Å². The number of nitrogen functional groups attached to an aromatic ring is 1. The van der Waals surface area contributed by atoms with E-state index in [9.17, 15) is 4.79 Å². The van der Waals surface area contributed by atoms with Gasteiger partial charge in [0.15, 0.2) is 0 Å². The fourth-order valence-corrected chi connectivity index (χ4v) is 3.30. The quantitative estimate of drug-likeness (QED) is 0.736. The number of allylic oxidation sites excluding steroid dienone is 1. The molecule has 0 atom stereocenters. The zero-order valence-corrected chi connectivity index (χ0v) is 14.7. The lowest BCUT2D eigenvalue weighted by molar-refractivity contribution is 0.394. The molecule has 2 N–H and O–H groups in total. The van der Waals surface area contributed by atoms with E-state index in [-0.39, 0.29) is 5.56 Å². The summed E-state index contributed by atoms with van der Waals surface area (Å²) in [5, 5.41) is 0.553. The largest absolute Gasteiger partial charge is 0.497 e. The first-order valence-corrected chi connectivity index (χ1v) is 8.34. The summed E-state index contributed by atoms with van der Waals surface area (Å²) in [7, 11) is 3.24. The third kappa shape index (κ3) is 2.60. The second-order valence-electron chi connectivity index (χ2n) is 6.20. The van der Waals surface area contributed by atoms with Crippen LogP contribution in [0.25, 0.3) is 22.6 Å². The molecule has 26 heavy (non-hydrogen) atoms. The van der Waals surface area contributed by atoms with Gasteiger partial charge in [0.25, 0.3) is 5.56 Å². The van der Waals surface area contributed by atoms with Crippen molar-refractivity contribution in [1.29, 1.82) is 0 Å². The molecule has 0 spiro atoms. The molecule has 0 saturated carbocycles. The van der Waals surface area contributed by atoms with Crippen LogP contribution in [0.5, 0.6) is 11.5 Å². The minimum absolute atomic E-state index is 0.0533.